The van der Waals surface area contributed by atoms with Crippen LogP contribution >= 0.6 is 0 Å². The van der Waals surface area contributed by atoms with Gasteiger partial charge in [0.25, 0.3) is 0 Å². The minimum absolute atomic E-state index is 0.175. The monoisotopic (exact) mass is 314 g/mol. The smallest absolute Gasteiger partial charge is 0.261 e. The van der Waals surface area contributed by atoms with Crippen LogP contribution in [0, 0.1) is 10.8 Å². The largest absolute Gasteiger partial charge is 0.371 e. The van der Waals surface area contributed by atoms with E-state index in [1.165, 1.54) is 0 Å². The van der Waals surface area contributed by atoms with E-state index in [9.17, 15) is 9.59 Å². The number of allylic oxidation sites excluding steroid dienone is 2. The third kappa shape index (κ3) is 10.1. The first-order valence-corrected chi connectivity index (χ1v) is 6.97. The Morgan fingerprint density at radius 2 is 0.955 bits per heavy atom. The van der Waals surface area contributed by atoms with Crippen LogP contribution in [0.1, 0.15) is 55.4 Å². The molecule has 6 nitrogen and oxygen atoms in total. The second-order valence-corrected chi connectivity index (χ2v) is 7.26. The Morgan fingerprint density at radius 3 is 1.18 bits per heavy atom. The van der Waals surface area contributed by atoms with Gasteiger partial charge in [-0.05, 0) is 24.7 Å². The summed E-state index contributed by atoms with van der Waals surface area (Å²) in [5.74, 6) is -1.46. The summed E-state index contributed by atoms with van der Waals surface area (Å²) < 4.78 is 0. The zero-order valence-corrected chi connectivity index (χ0v) is 14.6. The van der Waals surface area contributed by atoms with E-state index in [0.29, 0.717) is 11.1 Å². The van der Waals surface area contributed by atoms with Crippen LogP contribution in [-0.2, 0) is 29.4 Å². The van der Waals surface area contributed by atoms with E-state index in [1.54, 1.807) is 26.0 Å². The molecule has 0 radical (unpaired) electrons. The Hall–Kier alpha value is -1.66. The third-order valence-corrected chi connectivity index (χ3v) is 2.19. The molecule has 126 valence electrons. The molecule has 0 saturated carbocycles. The van der Waals surface area contributed by atoms with E-state index < -0.39 is 11.9 Å². The van der Waals surface area contributed by atoms with Gasteiger partial charge in [-0.3, -0.25) is 9.78 Å². The summed E-state index contributed by atoms with van der Waals surface area (Å²) in [5.41, 5.74) is 0.355. The number of rotatable bonds is 5. The lowest BCUT2D eigenvalue weighted by atomic mass is 9.94. The fourth-order valence-corrected chi connectivity index (χ4v) is 1.64. The van der Waals surface area contributed by atoms with Crippen molar-refractivity contribution in [1.29, 1.82) is 0 Å². The van der Waals surface area contributed by atoms with Gasteiger partial charge in [0.1, 0.15) is 0 Å². The molecule has 0 aliphatic rings. The molecular weight excluding hydrogens is 288 g/mol. The van der Waals surface area contributed by atoms with Crippen LogP contribution < -0.4 is 0 Å². The molecule has 0 aliphatic heterocycles. The molecule has 0 heterocycles. The van der Waals surface area contributed by atoms with Crippen LogP contribution in [0.5, 0.6) is 0 Å². The molecule has 0 rings (SSSR count). The Labute approximate surface area is 131 Å². The molecule has 22 heavy (non-hydrogen) atoms. The van der Waals surface area contributed by atoms with Gasteiger partial charge in [0.2, 0.25) is 0 Å². The van der Waals surface area contributed by atoms with Gasteiger partial charge in [-0.25, -0.2) is 9.59 Å². The Bertz CT molecular complexity index is 416. The van der Waals surface area contributed by atoms with Crippen molar-refractivity contribution in [1.82, 2.24) is 0 Å². The Balaban J connectivity index is 4.24. The Morgan fingerprint density at radius 1 is 0.682 bits per heavy atom. The maximum atomic E-state index is 11.5. The van der Waals surface area contributed by atoms with Crippen molar-refractivity contribution in [2.75, 3.05) is 0 Å². The van der Waals surface area contributed by atoms with E-state index >= 15 is 0 Å². The molecule has 0 aliphatic carbocycles. The van der Waals surface area contributed by atoms with Gasteiger partial charge < -0.3 is 0 Å². The maximum absolute atomic E-state index is 11.5. The molecule has 0 bridgehead atoms. The van der Waals surface area contributed by atoms with Gasteiger partial charge in [-0.15, -0.1) is 0 Å². The van der Waals surface area contributed by atoms with E-state index in [2.05, 4.69) is 19.9 Å². The second kappa shape index (κ2) is 8.10. The van der Waals surface area contributed by atoms with Crippen molar-refractivity contribution in [3.63, 3.8) is 0 Å². The van der Waals surface area contributed by atoms with Gasteiger partial charge in [0.05, 0.1) is 0 Å². The minimum atomic E-state index is -0.729. The summed E-state index contributed by atoms with van der Waals surface area (Å²) in [6.07, 6.45) is 3.45. The molecule has 0 unspecified atom stereocenters. The highest BCUT2D eigenvalue weighted by atomic mass is 17.7. The zero-order chi connectivity index (χ0) is 17.6. The molecule has 0 N–H and O–H groups in total. The fourth-order valence-electron chi connectivity index (χ4n) is 1.64. The maximum Gasteiger partial charge on any atom is 0.371 e. The molecular formula is C16H26O6. The van der Waals surface area contributed by atoms with Gasteiger partial charge in [-0.2, -0.15) is 0 Å². The first-order valence-electron chi connectivity index (χ1n) is 6.97. The zero-order valence-electron chi connectivity index (χ0n) is 14.6. The summed E-state index contributed by atoms with van der Waals surface area (Å²) in [4.78, 5) is 31.8. The predicted molar refractivity (Wildman–Crippen MR) is 80.8 cm³/mol. The van der Waals surface area contributed by atoms with Crippen LogP contribution in [0.15, 0.2) is 23.3 Å². The first-order chi connectivity index (χ1) is 9.82. The molecule has 0 aromatic rings. The van der Waals surface area contributed by atoms with Gasteiger partial charge in [0.15, 0.2) is 0 Å². The molecule has 0 atom stereocenters. The van der Waals surface area contributed by atoms with Crippen molar-refractivity contribution in [2.45, 2.75) is 55.4 Å². The first kappa shape index (κ1) is 20.3. The molecule has 0 spiro atoms. The lowest BCUT2D eigenvalue weighted by Crippen LogP contribution is -2.13. The third-order valence-electron chi connectivity index (χ3n) is 2.19. The van der Waals surface area contributed by atoms with E-state index in [0.717, 1.165) is 0 Å². The summed E-state index contributed by atoms with van der Waals surface area (Å²) in [5, 5.41) is 8.24. The van der Waals surface area contributed by atoms with Crippen molar-refractivity contribution in [3.8, 4) is 0 Å². The normalized spacial score (nSPS) is 13.8. The van der Waals surface area contributed by atoms with E-state index in [1.807, 2.05) is 41.5 Å². The van der Waals surface area contributed by atoms with Crippen molar-refractivity contribution in [2.24, 2.45) is 10.8 Å². The highest BCUT2D eigenvalue weighted by molar-refractivity contribution is 5.87. The number of hydrogen-bond acceptors (Lipinski definition) is 6. The Kier molecular flexibility index (Phi) is 7.49. The van der Waals surface area contributed by atoms with Crippen LogP contribution in [-0.4, -0.2) is 11.9 Å². The number of carbonyl (C=O) groups excluding carboxylic acids is 2. The van der Waals surface area contributed by atoms with Crippen LogP contribution in [0.2, 0.25) is 0 Å². The lowest BCUT2D eigenvalue weighted by Gasteiger charge is -2.13. The lowest BCUT2D eigenvalue weighted by molar-refractivity contribution is -0.598. The quantitative estimate of drug-likeness (QED) is 0.332. The summed E-state index contributed by atoms with van der Waals surface area (Å²) in [6.45, 7) is 14.8. The van der Waals surface area contributed by atoms with Crippen LogP contribution in [0.3, 0.4) is 0 Å². The average molecular weight is 314 g/mol. The molecule has 0 aromatic carbocycles. The predicted octanol–water partition coefficient (Wildman–Crippen LogP) is 3.84. The van der Waals surface area contributed by atoms with Crippen LogP contribution in [0.4, 0.5) is 0 Å². The van der Waals surface area contributed by atoms with Crippen LogP contribution in [0.25, 0.3) is 0 Å². The second-order valence-electron chi connectivity index (χ2n) is 7.26. The molecule has 6 heteroatoms. The van der Waals surface area contributed by atoms with Crippen molar-refractivity contribution >= 4 is 11.9 Å². The topological polar surface area (TPSA) is 71.1 Å². The van der Waals surface area contributed by atoms with Crippen molar-refractivity contribution in [3.05, 3.63) is 23.3 Å². The SMILES string of the molecule is CC(=CC(C)(C)C)C(=O)OOOOC(=O)C(C)=CC(C)(C)C. The average Bonchev–Trinajstić information content (AvgIpc) is 2.29. The molecule has 0 saturated heterocycles. The van der Waals surface area contributed by atoms with Gasteiger partial charge >= 0.3 is 11.9 Å². The standard InChI is InChI=1S/C16H26O6/c1-11(9-15(3,4)5)13(17)19-21-22-20-14(18)12(2)10-16(6,7)8/h9-10H,1-8H3. The van der Waals surface area contributed by atoms with E-state index in [4.69, 9.17) is 0 Å². The number of carbonyl (C=O) groups is 2. The number of hydrogen-bond donors (Lipinski definition) is 0. The van der Waals surface area contributed by atoms with E-state index in [-0.39, 0.29) is 10.8 Å². The van der Waals surface area contributed by atoms with Crippen molar-refractivity contribution < 1.29 is 29.4 Å². The van der Waals surface area contributed by atoms with Gasteiger partial charge in [-0.1, -0.05) is 53.7 Å². The molecule has 0 amide bonds. The highest BCUT2D eigenvalue weighted by Crippen LogP contribution is 2.19. The summed E-state index contributed by atoms with van der Waals surface area (Å²) in [7, 11) is 0. The summed E-state index contributed by atoms with van der Waals surface area (Å²) in [6, 6.07) is 0. The van der Waals surface area contributed by atoms with Gasteiger partial charge in [0, 0.05) is 21.2 Å². The highest BCUT2D eigenvalue weighted by Gasteiger charge is 2.16. The molecule has 0 aromatic heterocycles. The fraction of sp³-hybridized carbons (Fsp3) is 0.625. The minimum Gasteiger partial charge on any atom is -0.261 e. The molecule has 0 fully saturated rings. The summed E-state index contributed by atoms with van der Waals surface area (Å²) >= 11 is 0.